The van der Waals surface area contributed by atoms with Gasteiger partial charge in [0.25, 0.3) is 0 Å². The number of amides is 2. The molecule has 1 fully saturated rings. The number of hydrogen-bond acceptors (Lipinski definition) is 3. The zero-order valence-corrected chi connectivity index (χ0v) is 11.6. The van der Waals surface area contributed by atoms with E-state index in [-0.39, 0.29) is 18.4 Å². The highest BCUT2D eigenvalue weighted by molar-refractivity contribution is 5.74. The van der Waals surface area contributed by atoms with Crippen molar-refractivity contribution in [1.29, 1.82) is 0 Å². The van der Waals surface area contributed by atoms with Gasteiger partial charge in [-0.15, -0.1) is 0 Å². The standard InChI is InChI=1S/C13H24N2O4/c1-2-19-8-4-6-14-13(18)15-7-3-5-11(10-15)9-12(16)17/h11H,2-10H2,1H3,(H,14,18)(H,16,17). The second kappa shape index (κ2) is 8.74. The van der Waals surface area contributed by atoms with Crippen molar-refractivity contribution in [3.05, 3.63) is 0 Å². The third-order valence-electron chi connectivity index (χ3n) is 3.22. The molecule has 1 saturated heterocycles. The van der Waals surface area contributed by atoms with E-state index in [0.29, 0.717) is 32.8 Å². The number of ether oxygens (including phenoxy) is 1. The molecule has 1 aliphatic heterocycles. The summed E-state index contributed by atoms with van der Waals surface area (Å²) in [6.07, 6.45) is 2.71. The van der Waals surface area contributed by atoms with Gasteiger partial charge in [-0.05, 0) is 32.1 Å². The fourth-order valence-electron chi connectivity index (χ4n) is 2.29. The molecule has 0 aliphatic carbocycles. The van der Waals surface area contributed by atoms with Crippen molar-refractivity contribution in [2.45, 2.75) is 32.6 Å². The molecule has 0 aromatic carbocycles. The van der Waals surface area contributed by atoms with E-state index in [1.54, 1.807) is 4.90 Å². The normalized spacial score (nSPS) is 19.2. The fourth-order valence-corrected chi connectivity index (χ4v) is 2.29. The first-order chi connectivity index (χ1) is 9.13. The Balaban J connectivity index is 2.22. The van der Waals surface area contributed by atoms with Gasteiger partial charge in [-0.2, -0.15) is 0 Å². The Hall–Kier alpha value is -1.30. The zero-order chi connectivity index (χ0) is 14.1. The minimum absolute atomic E-state index is 0.0837. The van der Waals surface area contributed by atoms with Crippen LogP contribution in [-0.2, 0) is 9.53 Å². The molecule has 0 aromatic rings. The number of carboxylic acid groups (broad SMARTS) is 1. The van der Waals surface area contributed by atoms with Gasteiger partial charge in [0.1, 0.15) is 0 Å². The molecule has 2 amide bonds. The number of rotatable bonds is 7. The molecule has 0 aromatic heterocycles. The lowest BCUT2D eigenvalue weighted by molar-refractivity contribution is -0.138. The van der Waals surface area contributed by atoms with Crippen LogP contribution >= 0.6 is 0 Å². The largest absolute Gasteiger partial charge is 0.481 e. The Morgan fingerprint density at radius 1 is 1.47 bits per heavy atom. The van der Waals surface area contributed by atoms with Crippen molar-refractivity contribution >= 4 is 12.0 Å². The Morgan fingerprint density at radius 2 is 2.26 bits per heavy atom. The minimum atomic E-state index is -0.788. The number of aliphatic carboxylic acids is 1. The second-order valence-electron chi connectivity index (χ2n) is 4.83. The van der Waals surface area contributed by atoms with Gasteiger partial charge in [0.05, 0.1) is 0 Å². The number of likely N-dealkylation sites (tertiary alicyclic amines) is 1. The van der Waals surface area contributed by atoms with E-state index in [9.17, 15) is 9.59 Å². The number of carbonyl (C=O) groups excluding carboxylic acids is 1. The molecule has 6 heteroatoms. The highest BCUT2D eigenvalue weighted by Crippen LogP contribution is 2.19. The summed E-state index contributed by atoms with van der Waals surface area (Å²) in [7, 11) is 0. The molecule has 0 bridgehead atoms. The molecule has 6 nitrogen and oxygen atoms in total. The van der Waals surface area contributed by atoms with Crippen LogP contribution in [-0.4, -0.2) is 54.9 Å². The first-order valence-electron chi connectivity index (χ1n) is 6.95. The molecule has 2 N–H and O–H groups in total. The van der Waals surface area contributed by atoms with Crippen molar-refractivity contribution in [3.63, 3.8) is 0 Å². The van der Waals surface area contributed by atoms with E-state index in [4.69, 9.17) is 9.84 Å². The maximum atomic E-state index is 11.9. The molecule has 19 heavy (non-hydrogen) atoms. The summed E-state index contributed by atoms with van der Waals surface area (Å²) in [6, 6.07) is -0.0911. The number of carbonyl (C=O) groups is 2. The third kappa shape index (κ3) is 6.42. The predicted molar refractivity (Wildman–Crippen MR) is 71.1 cm³/mol. The molecule has 0 radical (unpaired) electrons. The molecule has 0 saturated carbocycles. The molecular weight excluding hydrogens is 248 g/mol. The lowest BCUT2D eigenvalue weighted by Gasteiger charge is -2.32. The molecular formula is C13H24N2O4. The van der Waals surface area contributed by atoms with Crippen LogP contribution in [0.4, 0.5) is 4.79 Å². The Kier molecular flexibility index (Phi) is 7.25. The molecule has 0 spiro atoms. The molecule has 1 unspecified atom stereocenters. The predicted octanol–water partition coefficient (Wildman–Crippen LogP) is 1.31. The van der Waals surface area contributed by atoms with Crippen LogP contribution in [0.5, 0.6) is 0 Å². The van der Waals surface area contributed by atoms with Gasteiger partial charge in [0.2, 0.25) is 0 Å². The summed E-state index contributed by atoms with van der Waals surface area (Å²) in [5, 5.41) is 11.6. The van der Waals surface area contributed by atoms with E-state index in [1.807, 2.05) is 6.92 Å². The SMILES string of the molecule is CCOCCCNC(=O)N1CCCC(CC(=O)O)C1. The molecule has 1 aliphatic rings. The number of nitrogens with one attached hydrogen (secondary N) is 1. The van der Waals surface area contributed by atoms with Gasteiger partial charge in [-0.3, -0.25) is 4.79 Å². The average molecular weight is 272 g/mol. The van der Waals surface area contributed by atoms with Gasteiger partial charge in [0, 0.05) is 39.3 Å². The summed E-state index contributed by atoms with van der Waals surface area (Å²) in [6.45, 7) is 5.14. The second-order valence-corrected chi connectivity index (χ2v) is 4.83. The summed E-state index contributed by atoms with van der Waals surface area (Å²) in [4.78, 5) is 24.3. The van der Waals surface area contributed by atoms with E-state index < -0.39 is 5.97 Å². The summed E-state index contributed by atoms with van der Waals surface area (Å²) >= 11 is 0. The fraction of sp³-hybridized carbons (Fsp3) is 0.846. The lowest BCUT2D eigenvalue weighted by atomic mass is 9.95. The highest BCUT2D eigenvalue weighted by atomic mass is 16.5. The Morgan fingerprint density at radius 3 is 2.95 bits per heavy atom. The summed E-state index contributed by atoms with van der Waals surface area (Å²) in [5.74, 6) is -0.704. The van der Waals surface area contributed by atoms with E-state index in [0.717, 1.165) is 19.3 Å². The van der Waals surface area contributed by atoms with Crippen LogP contribution in [0.15, 0.2) is 0 Å². The smallest absolute Gasteiger partial charge is 0.317 e. The Bertz CT molecular complexity index is 296. The topological polar surface area (TPSA) is 78.9 Å². The molecule has 1 rings (SSSR count). The van der Waals surface area contributed by atoms with Crippen LogP contribution in [0.2, 0.25) is 0 Å². The zero-order valence-electron chi connectivity index (χ0n) is 11.6. The molecule has 1 heterocycles. The minimum Gasteiger partial charge on any atom is -0.481 e. The lowest BCUT2D eigenvalue weighted by Crippen LogP contribution is -2.46. The van der Waals surface area contributed by atoms with Crippen LogP contribution in [0.1, 0.15) is 32.6 Å². The first kappa shape index (κ1) is 15.8. The number of piperidine rings is 1. The van der Waals surface area contributed by atoms with Crippen LogP contribution < -0.4 is 5.32 Å². The summed E-state index contributed by atoms with van der Waals surface area (Å²) < 4.78 is 5.19. The average Bonchev–Trinajstić information content (AvgIpc) is 2.38. The van der Waals surface area contributed by atoms with Crippen LogP contribution in [0, 0.1) is 5.92 Å². The Labute approximate surface area is 114 Å². The number of urea groups is 1. The monoisotopic (exact) mass is 272 g/mol. The quantitative estimate of drug-likeness (QED) is 0.685. The van der Waals surface area contributed by atoms with Crippen molar-refractivity contribution in [1.82, 2.24) is 10.2 Å². The molecule has 1 atom stereocenters. The third-order valence-corrected chi connectivity index (χ3v) is 3.22. The van der Waals surface area contributed by atoms with Crippen LogP contribution in [0.25, 0.3) is 0 Å². The maximum Gasteiger partial charge on any atom is 0.317 e. The van der Waals surface area contributed by atoms with Crippen molar-refractivity contribution < 1.29 is 19.4 Å². The highest BCUT2D eigenvalue weighted by Gasteiger charge is 2.24. The van der Waals surface area contributed by atoms with Gasteiger partial charge in [0.15, 0.2) is 0 Å². The van der Waals surface area contributed by atoms with Crippen molar-refractivity contribution in [2.75, 3.05) is 32.8 Å². The molecule has 110 valence electrons. The van der Waals surface area contributed by atoms with Crippen LogP contribution in [0.3, 0.4) is 0 Å². The van der Waals surface area contributed by atoms with Gasteiger partial charge >= 0.3 is 12.0 Å². The number of nitrogens with zero attached hydrogens (tertiary/aromatic N) is 1. The van der Waals surface area contributed by atoms with Crippen molar-refractivity contribution in [3.8, 4) is 0 Å². The van der Waals surface area contributed by atoms with Gasteiger partial charge < -0.3 is 20.1 Å². The summed E-state index contributed by atoms with van der Waals surface area (Å²) in [5.41, 5.74) is 0. The number of hydrogen-bond donors (Lipinski definition) is 2. The van der Waals surface area contributed by atoms with E-state index in [1.165, 1.54) is 0 Å². The maximum absolute atomic E-state index is 11.9. The van der Waals surface area contributed by atoms with E-state index >= 15 is 0 Å². The number of carboxylic acids is 1. The van der Waals surface area contributed by atoms with Crippen molar-refractivity contribution in [2.24, 2.45) is 5.92 Å². The van der Waals surface area contributed by atoms with Gasteiger partial charge in [-0.1, -0.05) is 0 Å². The first-order valence-corrected chi connectivity index (χ1v) is 6.95. The van der Waals surface area contributed by atoms with E-state index in [2.05, 4.69) is 5.32 Å². The van der Waals surface area contributed by atoms with Gasteiger partial charge in [-0.25, -0.2) is 4.79 Å².